The summed E-state index contributed by atoms with van der Waals surface area (Å²) in [6.45, 7) is 0.207. The molecular formula is C19H21FN4O3. The standard InChI is InChI=1S/C19H21FN4O3/c20-12-1-4-15-14(9-12)11(10-21-15)7-8-24-18(26)16(23-19(24)27)5-6-17(25)22-13-2-3-13/h1,4,9-10,13,16,21H,2-3,5-8H2,(H,22,25)(H,23,27). The lowest BCUT2D eigenvalue weighted by Crippen LogP contribution is -2.34. The molecule has 3 N–H and O–H groups in total. The molecule has 27 heavy (non-hydrogen) atoms. The molecule has 2 aliphatic rings. The number of amides is 4. The van der Waals surface area contributed by atoms with Gasteiger partial charge in [-0.25, -0.2) is 9.18 Å². The number of H-pyrrole nitrogens is 1. The number of halogens is 1. The normalized spacial score (nSPS) is 19.6. The molecule has 2 heterocycles. The third-order valence-electron chi connectivity index (χ3n) is 5.04. The Hall–Kier alpha value is -2.90. The van der Waals surface area contributed by atoms with Gasteiger partial charge in [0, 0.05) is 36.1 Å². The number of carbonyl (C=O) groups is 3. The highest BCUT2D eigenvalue weighted by molar-refractivity contribution is 6.04. The first kappa shape index (κ1) is 17.5. The van der Waals surface area contributed by atoms with Crippen LogP contribution in [0.2, 0.25) is 0 Å². The second-order valence-electron chi connectivity index (χ2n) is 7.13. The molecular weight excluding hydrogens is 351 g/mol. The molecule has 1 atom stereocenters. The summed E-state index contributed by atoms with van der Waals surface area (Å²) < 4.78 is 13.5. The Morgan fingerprint density at radius 1 is 1.30 bits per heavy atom. The maximum atomic E-state index is 13.5. The van der Waals surface area contributed by atoms with Gasteiger partial charge in [0.05, 0.1) is 0 Å². The molecule has 1 aromatic heterocycles. The summed E-state index contributed by atoms with van der Waals surface area (Å²) in [6, 6.07) is 3.65. The van der Waals surface area contributed by atoms with Crippen molar-refractivity contribution >= 4 is 28.7 Å². The molecule has 0 spiro atoms. The van der Waals surface area contributed by atoms with Gasteiger partial charge in [0.15, 0.2) is 0 Å². The van der Waals surface area contributed by atoms with E-state index >= 15 is 0 Å². The Labute approximate surface area is 155 Å². The van der Waals surface area contributed by atoms with E-state index < -0.39 is 12.1 Å². The van der Waals surface area contributed by atoms with Gasteiger partial charge >= 0.3 is 6.03 Å². The molecule has 2 fully saturated rings. The van der Waals surface area contributed by atoms with Crippen LogP contribution in [0.25, 0.3) is 10.9 Å². The first-order valence-corrected chi connectivity index (χ1v) is 9.18. The fourth-order valence-electron chi connectivity index (χ4n) is 3.38. The zero-order chi connectivity index (χ0) is 19.0. The topological polar surface area (TPSA) is 94.3 Å². The lowest BCUT2D eigenvalue weighted by molar-refractivity contribution is -0.127. The van der Waals surface area contributed by atoms with Crippen LogP contribution < -0.4 is 10.6 Å². The highest BCUT2D eigenvalue weighted by Crippen LogP contribution is 2.21. The van der Waals surface area contributed by atoms with Gasteiger partial charge in [-0.05, 0) is 49.4 Å². The SMILES string of the molecule is O=C(CCC1NC(=O)N(CCc2c[nH]c3ccc(F)cc23)C1=O)NC1CC1. The molecule has 1 aromatic carbocycles. The van der Waals surface area contributed by atoms with Gasteiger partial charge in [0.25, 0.3) is 5.91 Å². The van der Waals surface area contributed by atoms with Crippen molar-refractivity contribution in [1.29, 1.82) is 0 Å². The molecule has 2 aromatic rings. The van der Waals surface area contributed by atoms with Crippen molar-refractivity contribution in [1.82, 2.24) is 20.5 Å². The second-order valence-corrected chi connectivity index (χ2v) is 7.13. The average molecular weight is 372 g/mol. The number of nitrogens with zero attached hydrogens (tertiary/aromatic N) is 1. The molecule has 8 heteroatoms. The zero-order valence-electron chi connectivity index (χ0n) is 14.8. The van der Waals surface area contributed by atoms with Crippen molar-refractivity contribution in [3.8, 4) is 0 Å². The largest absolute Gasteiger partial charge is 0.361 e. The summed E-state index contributed by atoms with van der Waals surface area (Å²) in [7, 11) is 0. The van der Waals surface area contributed by atoms with E-state index in [0.717, 1.165) is 29.3 Å². The Morgan fingerprint density at radius 2 is 2.11 bits per heavy atom. The van der Waals surface area contributed by atoms with E-state index in [1.807, 2.05) is 0 Å². The number of fused-ring (bicyclic) bond motifs is 1. The molecule has 1 aliphatic heterocycles. The van der Waals surface area contributed by atoms with E-state index in [9.17, 15) is 18.8 Å². The zero-order valence-corrected chi connectivity index (χ0v) is 14.8. The van der Waals surface area contributed by atoms with Gasteiger partial charge in [-0.3, -0.25) is 14.5 Å². The summed E-state index contributed by atoms with van der Waals surface area (Å²) in [6.07, 6.45) is 4.72. The van der Waals surface area contributed by atoms with Crippen LogP contribution in [0.4, 0.5) is 9.18 Å². The lowest BCUT2D eigenvalue weighted by Gasteiger charge is -2.12. The highest BCUT2D eigenvalue weighted by Gasteiger charge is 2.37. The quantitative estimate of drug-likeness (QED) is 0.647. The van der Waals surface area contributed by atoms with E-state index in [1.54, 1.807) is 12.3 Å². The number of benzene rings is 1. The Morgan fingerprint density at radius 3 is 2.89 bits per heavy atom. The number of aromatic amines is 1. The van der Waals surface area contributed by atoms with Gasteiger partial charge < -0.3 is 15.6 Å². The molecule has 4 rings (SSSR count). The highest BCUT2D eigenvalue weighted by atomic mass is 19.1. The number of nitrogens with one attached hydrogen (secondary N) is 3. The van der Waals surface area contributed by atoms with Crippen LogP contribution in [0.15, 0.2) is 24.4 Å². The fraction of sp³-hybridized carbons (Fsp3) is 0.421. The first-order valence-electron chi connectivity index (χ1n) is 9.18. The van der Waals surface area contributed by atoms with Crippen LogP contribution in [0.3, 0.4) is 0 Å². The van der Waals surface area contributed by atoms with Gasteiger partial charge in [-0.15, -0.1) is 0 Å². The van der Waals surface area contributed by atoms with Crippen molar-refractivity contribution in [2.24, 2.45) is 0 Å². The van der Waals surface area contributed by atoms with E-state index in [1.165, 1.54) is 17.0 Å². The van der Waals surface area contributed by atoms with Crippen LogP contribution in [-0.4, -0.2) is 46.4 Å². The smallest absolute Gasteiger partial charge is 0.324 e. The van der Waals surface area contributed by atoms with Gasteiger partial charge in [-0.1, -0.05) is 0 Å². The van der Waals surface area contributed by atoms with Crippen molar-refractivity contribution in [3.05, 3.63) is 35.8 Å². The van der Waals surface area contributed by atoms with Gasteiger partial charge in [-0.2, -0.15) is 0 Å². The summed E-state index contributed by atoms with van der Waals surface area (Å²) in [4.78, 5) is 40.6. The van der Waals surface area contributed by atoms with Gasteiger partial charge in [0.2, 0.25) is 5.91 Å². The number of hydrogen-bond donors (Lipinski definition) is 3. The Bertz CT molecular complexity index is 905. The van der Waals surface area contributed by atoms with Gasteiger partial charge in [0.1, 0.15) is 11.9 Å². The van der Waals surface area contributed by atoms with E-state index in [0.29, 0.717) is 6.42 Å². The fourth-order valence-corrected chi connectivity index (χ4v) is 3.38. The third kappa shape index (κ3) is 3.79. The van der Waals surface area contributed by atoms with E-state index in [4.69, 9.17) is 0 Å². The molecule has 0 radical (unpaired) electrons. The summed E-state index contributed by atoms with van der Waals surface area (Å²) >= 11 is 0. The van der Waals surface area contributed by atoms with E-state index in [-0.39, 0.29) is 43.1 Å². The van der Waals surface area contributed by atoms with E-state index in [2.05, 4.69) is 15.6 Å². The summed E-state index contributed by atoms with van der Waals surface area (Å²) in [5, 5.41) is 6.26. The molecule has 142 valence electrons. The minimum absolute atomic E-state index is 0.0844. The summed E-state index contributed by atoms with van der Waals surface area (Å²) in [5.41, 5.74) is 1.65. The van der Waals surface area contributed by atoms with Crippen LogP contribution in [0.1, 0.15) is 31.2 Å². The van der Waals surface area contributed by atoms with Crippen molar-refractivity contribution in [3.63, 3.8) is 0 Å². The molecule has 1 saturated carbocycles. The number of urea groups is 1. The van der Waals surface area contributed by atoms with Crippen LogP contribution >= 0.6 is 0 Å². The predicted octanol–water partition coefficient (Wildman–Crippen LogP) is 1.83. The monoisotopic (exact) mass is 372 g/mol. The first-order chi connectivity index (χ1) is 13.0. The maximum Gasteiger partial charge on any atom is 0.324 e. The molecule has 1 saturated heterocycles. The second kappa shape index (κ2) is 7.02. The molecule has 1 aliphatic carbocycles. The minimum atomic E-state index is -0.664. The number of imide groups is 1. The number of aromatic nitrogens is 1. The molecule has 7 nitrogen and oxygen atoms in total. The Kier molecular flexibility index (Phi) is 4.55. The van der Waals surface area contributed by atoms with Crippen molar-refractivity contribution in [2.45, 2.75) is 44.2 Å². The number of rotatable bonds is 7. The maximum absolute atomic E-state index is 13.5. The Balaban J connectivity index is 1.34. The van der Waals surface area contributed by atoms with Crippen molar-refractivity contribution in [2.75, 3.05) is 6.54 Å². The van der Waals surface area contributed by atoms with Crippen LogP contribution in [0.5, 0.6) is 0 Å². The van der Waals surface area contributed by atoms with Crippen molar-refractivity contribution < 1.29 is 18.8 Å². The molecule has 1 unspecified atom stereocenters. The minimum Gasteiger partial charge on any atom is -0.361 e. The lowest BCUT2D eigenvalue weighted by atomic mass is 10.1. The predicted molar refractivity (Wildman–Crippen MR) is 96.4 cm³/mol. The third-order valence-corrected chi connectivity index (χ3v) is 5.04. The van der Waals surface area contributed by atoms with Crippen LogP contribution in [0, 0.1) is 5.82 Å². The average Bonchev–Trinajstić information content (AvgIpc) is 3.30. The molecule has 4 amide bonds. The number of carbonyl (C=O) groups excluding carboxylic acids is 3. The summed E-state index contributed by atoms with van der Waals surface area (Å²) in [5.74, 6) is -0.730. The van der Waals surface area contributed by atoms with Crippen LogP contribution in [-0.2, 0) is 16.0 Å². The molecule has 0 bridgehead atoms. The number of hydrogen-bond acceptors (Lipinski definition) is 3.